The number of alkyl halides is 3. The molecule has 7 nitrogen and oxygen atoms in total. The molecule has 0 saturated heterocycles. The number of benzene rings is 1. The Hall–Kier alpha value is -3.92. The van der Waals surface area contributed by atoms with Crippen LogP contribution in [0.4, 0.5) is 24.7 Å². The van der Waals surface area contributed by atoms with Crippen LogP contribution in [0.3, 0.4) is 0 Å². The second-order valence-corrected chi connectivity index (χ2v) is 7.04. The Kier molecular flexibility index (Phi) is 6.98. The molecule has 0 aliphatic heterocycles. The molecule has 0 saturated carbocycles. The lowest BCUT2D eigenvalue weighted by Crippen LogP contribution is -2.25. The molecule has 0 aliphatic rings. The fourth-order valence-electron chi connectivity index (χ4n) is 2.84. The number of hydrogen-bond donors (Lipinski definition) is 3. The van der Waals surface area contributed by atoms with Crippen LogP contribution in [0.25, 0.3) is 10.9 Å². The minimum Gasteiger partial charge on any atom is -0.355 e. The van der Waals surface area contributed by atoms with E-state index in [0.717, 1.165) is 0 Å². The molecule has 11 heteroatoms. The van der Waals surface area contributed by atoms with Gasteiger partial charge in [-0.2, -0.15) is 13.2 Å². The van der Waals surface area contributed by atoms with E-state index in [0.29, 0.717) is 17.0 Å². The maximum absolute atomic E-state index is 13.1. The number of pyridine rings is 2. The van der Waals surface area contributed by atoms with Crippen LogP contribution in [0, 0.1) is 0 Å². The summed E-state index contributed by atoms with van der Waals surface area (Å²) in [6.45, 7) is 2.97. The minimum absolute atomic E-state index is 0.0372. The van der Waals surface area contributed by atoms with Crippen molar-refractivity contribution in [2.75, 3.05) is 17.7 Å². The maximum Gasteiger partial charge on any atom is 0.415 e. The molecule has 3 aromatic rings. The van der Waals surface area contributed by atoms with Crippen LogP contribution in [0.15, 0.2) is 72.7 Å². The first-order chi connectivity index (χ1) is 15.6. The highest BCUT2D eigenvalue weighted by Gasteiger charge is 2.31. The number of nitrogens with one attached hydrogen (secondary N) is 3. The van der Waals surface area contributed by atoms with Crippen molar-refractivity contribution in [1.82, 2.24) is 15.3 Å². The summed E-state index contributed by atoms with van der Waals surface area (Å²) in [4.78, 5) is 33.7. The molecule has 1 aromatic carbocycles. The Morgan fingerprint density at radius 1 is 1.06 bits per heavy atom. The van der Waals surface area contributed by atoms with Crippen molar-refractivity contribution >= 4 is 45.8 Å². The fourth-order valence-corrected chi connectivity index (χ4v) is 3.00. The molecule has 2 heterocycles. The van der Waals surface area contributed by atoms with Gasteiger partial charge in [0.25, 0.3) is 11.8 Å². The van der Waals surface area contributed by atoms with Crippen molar-refractivity contribution in [2.45, 2.75) is 6.18 Å². The zero-order chi connectivity index (χ0) is 24.2. The molecular formula is C22H17ClF3N5O2. The van der Waals surface area contributed by atoms with Gasteiger partial charge >= 0.3 is 6.18 Å². The van der Waals surface area contributed by atoms with Crippen LogP contribution in [-0.4, -0.2) is 35.0 Å². The van der Waals surface area contributed by atoms with E-state index in [2.05, 4.69) is 32.5 Å². The molecule has 2 amide bonds. The number of hydrogen-bond acceptors (Lipinski definition) is 5. The van der Waals surface area contributed by atoms with Gasteiger partial charge in [0, 0.05) is 24.8 Å². The molecule has 3 N–H and O–H groups in total. The average molecular weight is 476 g/mol. The van der Waals surface area contributed by atoms with Crippen LogP contribution < -0.4 is 16.0 Å². The summed E-state index contributed by atoms with van der Waals surface area (Å²) in [6, 6.07) is 9.22. The number of fused-ring (bicyclic) bond motifs is 1. The van der Waals surface area contributed by atoms with E-state index in [1.54, 1.807) is 24.4 Å². The van der Waals surface area contributed by atoms with Gasteiger partial charge in [-0.25, -0.2) is 4.98 Å². The Bertz CT molecular complexity index is 1270. The fraction of sp³-hybridized carbons (Fsp3) is 0.0909. The Morgan fingerprint density at radius 2 is 1.76 bits per heavy atom. The van der Waals surface area contributed by atoms with Crippen molar-refractivity contribution < 1.29 is 22.8 Å². The number of amides is 2. The summed E-state index contributed by atoms with van der Waals surface area (Å²) < 4.78 is 39.3. The molecule has 33 heavy (non-hydrogen) atoms. The maximum atomic E-state index is 13.1. The lowest BCUT2D eigenvalue weighted by Gasteiger charge is -2.16. The third kappa shape index (κ3) is 5.47. The number of allylic oxidation sites excluding steroid dienone is 2. The number of nitrogens with zero attached hydrogens (tertiary/aromatic N) is 2. The number of rotatable bonds is 6. The second kappa shape index (κ2) is 9.70. The van der Waals surface area contributed by atoms with Crippen LogP contribution >= 0.6 is 11.6 Å². The average Bonchev–Trinajstić information content (AvgIpc) is 2.78. The van der Waals surface area contributed by atoms with Gasteiger partial charge in [-0.1, -0.05) is 24.2 Å². The van der Waals surface area contributed by atoms with Gasteiger partial charge in [0.15, 0.2) is 0 Å². The lowest BCUT2D eigenvalue weighted by atomic mass is 10.0. The first-order valence-corrected chi connectivity index (χ1v) is 9.76. The van der Waals surface area contributed by atoms with Gasteiger partial charge in [-0.3, -0.25) is 14.6 Å². The first-order valence-electron chi connectivity index (χ1n) is 9.38. The third-order valence-corrected chi connectivity index (χ3v) is 4.73. The lowest BCUT2D eigenvalue weighted by molar-refractivity contribution is -0.112. The normalized spacial score (nSPS) is 11.7. The van der Waals surface area contributed by atoms with Gasteiger partial charge in [0.2, 0.25) is 0 Å². The molecule has 3 rings (SSSR count). The predicted molar refractivity (Wildman–Crippen MR) is 120 cm³/mol. The van der Waals surface area contributed by atoms with Crippen LogP contribution in [0.2, 0.25) is 5.02 Å². The van der Waals surface area contributed by atoms with E-state index in [-0.39, 0.29) is 22.1 Å². The molecule has 0 fully saturated rings. The summed E-state index contributed by atoms with van der Waals surface area (Å²) >= 11 is 6.02. The van der Waals surface area contributed by atoms with Gasteiger partial charge in [-0.15, -0.1) is 0 Å². The molecule has 0 bridgehead atoms. The minimum atomic E-state index is -4.77. The molecule has 0 atom stereocenters. The molecule has 0 unspecified atom stereocenters. The van der Waals surface area contributed by atoms with E-state index in [1.807, 2.05) is 0 Å². The first kappa shape index (κ1) is 23.7. The highest BCUT2D eigenvalue weighted by molar-refractivity contribution is 6.33. The van der Waals surface area contributed by atoms with Crippen molar-refractivity contribution in [3.63, 3.8) is 0 Å². The van der Waals surface area contributed by atoms with Gasteiger partial charge in [-0.05, 0) is 36.4 Å². The Labute approximate surface area is 191 Å². The van der Waals surface area contributed by atoms with Crippen molar-refractivity contribution in [3.05, 3.63) is 83.3 Å². The highest BCUT2D eigenvalue weighted by atomic mass is 35.5. The summed E-state index contributed by atoms with van der Waals surface area (Å²) in [5.74, 6) is -1.53. The summed E-state index contributed by atoms with van der Waals surface area (Å²) in [7, 11) is 1.41. The number of halogens is 4. The number of aromatic nitrogens is 2. The van der Waals surface area contributed by atoms with Crippen LogP contribution in [0.5, 0.6) is 0 Å². The van der Waals surface area contributed by atoms with E-state index in [4.69, 9.17) is 11.6 Å². The second-order valence-electron chi connectivity index (χ2n) is 6.63. The highest BCUT2D eigenvalue weighted by Crippen LogP contribution is 2.29. The quantitative estimate of drug-likeness (QED) is 0.355. The number of carbonyl (C=O) groups is 2. The van der Waals surface area contributed by atoms with Crippen molar-refractivity contribution in [3.8, 4) is 0 Å². The van der Waals surface area contributed by atoms with Crippen molar-refractivity contribution in [2.24, 2.45) is 0 Å². The molecule has 0 radical (unpaired) electrons. The van der Waals surface area contributed by atoms with E-state index < -0.39 is 29.3 Å². The molecule has 0 aliphatic carbocycles. The van der Waals surface area contributed by atoms with E-state index in [9.17, 15) is 22.8 Å². The largest absolute Gasteiger partial charge is 0.415 e. The topological polar surface area (TPSA) is 96.0 Å². The molecule has 0 spiro atoms. The van der Waals surface area contributed by atoms with E-state index >= 15 is 0 Å². The SMILES string of the molecule is C=C(/C=C(\Nc1ncccc1Cl)C(=O)Nc1ccc2ncccc2c1C(=O)NC)C(F)(F)F. The van der Waals surface area contributed by atoms with Crippen LogP contribution in [-0.2, 0) is 4.79 Å². The number of carbonyl (C=O) groups excluding carboxylic acids is 2. The van der Waals surface area contributed by atoms with Gasteiger partial charge < -0.3 is 16.0 Å². The Balaban J connectivity index is 2.04. The number of anilines is 2. The molecular weight excluding hydrogens is 459 g/mol. The zero-order valence-electron chi connectivity index (χ0n) is 17.1. The van der Waals surface area contributed by atoms with Crippen LogP contribution in [0.1, 0.15) is 10.4 Å². The summed E-state index contributed by atoms with van der Waals surface area (Å²) in [5, 5.41) is 7.98. The Morgan fingerprint density at radius 3 is 2.42 bits per heavy atom. The predicted octanol–water partition coefficient (Wildman–Crippen LogP) is 4.70. The molecule has 170 valence electrons. The molecule has 2 aromatic heterocycles. The van der Waals surface area contributed by atoms with E-state index in [1.165, 1.54) is 31.4 Å². The third-order valence-electron chi connectivity index (χ3n) is 4.43. The standard InChI is InChI=1S/C22H17ClF3N5O2/c1-12(22(24,25)26)11-17(30-19-14(23)6-4-10-29-19)20(32)31-16-8-7-15-13(5-3-9-28-15)18(16)21(33)27-2/h3-11H,1H2,2H3,(H,27,33)(H,29,30)(H,31,32)/b17-11-. The monoisotopic (exact) mass is 475 g/mol. The van der Waals surface area contributed by atoms with Gasteiger partial charge in [0.1, 0.15) is 11.5 Å². The van der Waals surface area contributed by atoms with Gasteiger partial charge in [0.05, 0.1) is 27.4 Å². The zero-order valence-corrected chi connectivity index (χ0v) is 17.9. The smallest absolute Gasteiger partial charge is 0.355 e. The summed E-state index contributed by atoms with van der Waals surface area (Å²) in [5.41, 5.74) is -1.15. The summed E-state index contributed by atoms with van der Waals surface area (Å²) in [6.07, 6.45) is -1.35. The van der Waals surface area contributed by atoms with Crippen molar-refractivity contribution in [1.29, 1.82) is 0 Å².